The third-order valence-electron chi connectivity index (χ3n) is 8.11. The number of carbonyl (C=O) groups excluding carboxylic acids is 1. The summed E-state index contributed by atoms with van der Waals surface area (Å²) in [5.41, 5.74) is 2.00. The van der Waals surface area contributed by atoms with Gasteiger partial charge in [0.2, 0.25) is 0 Å². The lowest BCUT2D eigenvalue weighted by Crippen LogP contribution is -2.63. The van der Waals surface area contributed by atoms with E-state index in [1.807, 2.05) is 33.8 Å². The van der Waals surface area contributed by atoms with Crippen LogP contribution in [0.4, 0.5) is 15.0 Å². The number of nitrogens with zero attached hydrogens (tertiary/aromatic N) is 3. The van der Waals surface area contributed by atoms with Gasteiger partial charge in [-0.2, -0.15) is 0 Å². The predicted molar refractivity (Wildman–Crippen MR) is 141 cm³/mol. The van der Waals surface area contributed by atoms with Crippen LogP contribution >= 0.6 is 11.6 Å². The summed E-state index contributed by atoms with van der Waals surface area (Å²) in [6, 6.07) is 4.97. The number of anilines is 1. The van der Waals surface area contributed by atoms with E-state index in [1.54, 1.807) is 11.0 Å². The number of carbonyl (C=O) groups is 1. The molecule has 9 heteroatoms. The number of aryl methyl sites for hydroxylation is 1. The third kappa shape index (κ3) is 4.42. The second kappa shape index (κ2) is 8.73. The lowest BCUT2D eigenvalue weighted by molar-refractivity contribution is -0.00209. The molecule has 1 aromatic carbocycles. The van der Waals surface area contributed by atoms with Crippen molar-refractivity contribution >= 4 is 23.5 Å². The van der Waals surface area contributed by atoms with Crippen molar-refractivity contribution in [2.45, 2.75) is 70.7 Å². The van der Waals surface area contributed by atoms with E-state index in [9.17, 15) is 4.79 Å². The summed E-state index contributed by atoms with van der Waals surface area (Å²) in [5.74, 6) is 1.73. The second-order valence-electron chi connectivity index (χ2n) is 12.1. The van der Waals surface area contributed by atoms with Gasteiger partial charge in [-0.3, -0.25) is 4.90 Å². The van der Waals surface area contributed by atoms with Crippen LogP contribution in [-0.2, 0) is 11.3 Å². The van der Waals surface area contributed by atoms with Crippen molar-refractivity contribution in [1.29, 1.82) is 0 Å². The highest BCUT2D eigenvalue weighted by Crippen LogP contribution is 2.59. The lowest BCUT2D eigenvalue weighted by Gasteiger charge is -2.62. The molecule has 2 aromatic rings. The number of hydrogen-bond acceptors (Lipinski definition) is 6. The third-order valence-corrected chi connectivity index (χ3v) is 8.46. The minimum atomic E-state index is -0.549. The van der Waals surface area contributed by atoms with Crippen molar-refractivity contribution in [1.82, 2.24) is 14.8 Å². The van der Waals surface area contributed by atoms with Crippen molar-refractivity contribution in [3.05, 3.63) is 40.2 Å². The number of piperazine rings is 1. The Morgan fingerprint density at radius 2 is 2.03 bits per heavy atom. The van der Waals surface area contributed by atoms with Crippen molar-refractivity contribution in [2.75, 3.05) is 31.6 Å². The second-order valence-corrected chi connectivity index (χ2v) is 12.5. The highest BCUT2D eigenvalue weighted by Gasteiger charge is 2.57. The van der Waals surface area contributed by atoms with Gasteiger partial charge in [-0.25, -0.2) is 14.2 Å². The van der Waals surface area contributed by atoms with Gasteiger partial charge in [-0.15, -0.1) is 0 Å². The fourth-order valence-corrected chi connectivity index (χ4v) is 6.40. The van der Waals surface area contributed by atoms with Gasteiger partial charge < -0.3 is 19.7 Å². The van der Waals surface area contributed by atoms with Crippen LogP contribution in [0.3, 0.4) is 0 Å². The number of nitrogens with one attached hydrogen (secondary N) is 1. The van der Waals surface area contributed by atoms with E-state index in [-0.39, 0.29) is 23.5 Å². The Morgan fingerprint density at radius 3 is 2.68 bits per heavy atom. The van der Waals surface area contributed by atoms with E-state index in [4.69, 9.17) is 26.1 Å². The maximum atomic E-state index is 15.0. The van der Waals surface area contributed by atoms with Gasteiger partial charge in [0.15, 0.2) is 0 Å². The Bertz CT molecular complexity index is 1230. The zero-order chi connectivity index (χ0) is 26.1. The molecule has 3 heterocycles. The highest BCUT2D eigenvalue weighted by molar-refractivity contribution is 6.34. The maximum Gasteiger partial charge on any atom is 0.410 e. The molecule has 37 heavy (non-hydrogen) atoms. The summed E-state index contributed by atoms with van der Waals surface area (Å²) in [6.07, 6.45) is 3.10. The van der Waals surface area contributed by atoms with Gasteiger partial charge >= 0.3 is 6.09 Å². The highest BCUT2D eigenvalue weighted by atomic mass is 35.5. The van der Waals surface area contributed by atoms with Crippen LogP contribution in [0.25, 0.3) is 11.3 Å². The van der Waals surface area contributed by atoms with Crippen molar-refractivity contribution in [3.8, 4) is 17.0 Å². The zero-order valence-electron chi connectivity index (χ0n) is 21.9. The molecule has 2 bridgehead atoms. The van der Waals surface area contributed by atoms with E-state index < -0.39 is 5.60 Å². The Morgan fingerprint density at radius 1 is 1.27 bits per heavy atom. The number of pyridine rings is 1. The van der Waals surface area contributed by atoms with Gasteiger partial charge in [-0.1, -0.05) is 23.7 Å². The molecule has 0 spiro atoms. The average molecular weight is 529 g/mol. The minimum Gasteiger partial charge on any atom is -0.490 e. The molecule has 3 aliphatic carbocycles. The molecule has 0 unspecified atom stereocenters. The van der Waals surface area contributed by atoms with Crippen LogP contribution in [0.15, 0.2) is 18.2 Å². The first kappa shape index (κ1) is 24.7. The Kier molecular flexibility index (Phi) is 5.84. The molecule has 0 radical (unpaired) electrons. The van der Waals surface area contributed by atoms with Crippen LogP contribution < -0.4 is 10.1 Å². The van der Waals surface area contributed by atoms with E-state index in [1.165, 1.54) is 6.07 Å². The number of aromatic nitrogens is 1. The first-order valence-corrected chi connectivity index (χ1v) is 13.5. The minimum absolute atomic E-state index is 0.0221. The summed E-state index contributed by atoms with van der Waals surface area (Å²) in [7, 11) is 0. The predicted octanol–water partition coefficient (Wildman–Crippen LogP) is 5.63. The molecule has 1 atom stereocenters. The summed E-state index contributed by atoms with van der Waals surface area (Å²) >= 11 is 6.94. The topological polar surface area (TPSA) is 66.9 Å². The molecule has 7 nitrogen and oxygen atoms in total. The van der Waals surface area contributed by atoms with Gasteiger partial charge in [0, 0.05) is 37.3 Å². The molecule has 3 saturated carbocycles. The molecule has 1 saturated heterocycles. The normalized spacial score (nSPS) is 26.6. The molecule has 1 N–H and O–H groups in total. The Hall–Kier alpha value is -2.58. The summed E-state index contributed by atoms with van der Waals surface area (Å²) < 4.78 is 27.0. The van der Waals surface area contributed by atoms with Gasteiger partial charge in [0.25, 0.3) is 0 Å². The SMILES string of the molecule is Cc1cccc(F)c1-c1nc(NC23CC(C2)C3)c2c(c1Cl)OC[C@H]1CN(C(=O)OC(C)(C)C)CCN1C2. The first-order chi connectivity index (χ1) is 17.5. The van der Waals surface area contributed by atoms with Crippen molar-refractivity contribution in [2.24, 2.45) is 5.92 Å². The van der Waals surface area contributed by atoms with Gasteiger partial charge in [-0.05, 0) is 64.5 Å². The molecule has 4 fully saturated rings. The van der Waals surface area contributed by atoms with Crippen molar-refractivity contribution < 1.29 is 18.7 Å². The fraction of sp³-hybridized carbons (Fsp3) is 0.571. The molecular weight excluding hydrogens is 495 g/mol. The van der Waals surface area contributed by atoms with Gasteiger partial charge in [0.05, 0.1) is 17.3 Å². The molecule has 198 valence electrons. The van der Waals surface area contributed by atoms with Crippen molar-refractivity contribution in [3.63, 3.8) is 0 Å². The quantitative estimate of drug-likeness (QED) is 0.557. The maximum absolute atomic E-state index is 15.0. The van der Waals surface area contributed by atoms with Crippen LogP contribution in [0.5, 0.6) is 5.75 Å². The molecule has 2 aliphatic heterocycles. The number of amides is 1. The molecule has 1 aromatic heterocycles. The Balaban J connectivity index is 1.35. The van der Waals surface area contributed by atoms with Crippen LogP contribution in [0, 0.1) is 18.7 Å². The summed E-state index contributed by atoms with van der Waals surface area (Å²) in [4.78, 5) is 21.8. The standard InChI is InChI=1S/C28H34ClFN4O3/c1-16-6-5-7-20(30)21(16)23-22(29)24-19(25(31-23)32-28-10-17(11-28)12-28)14-33-8-9-34(13-18(33)15-36-24)26(35)37-27(2,3)4/h5-7,17-18H,8-15H2,1-4H3,(H,31,32)/t17?,18-,28?/m1/s1. The summed E-state index contributed by atoms with van der Waals surface area (Å²) in [5, 5.41) is 4.05. The number of fused-ring (bicyclic) bond motifs is 2. The number of ether oxygens (including phenoxy) is 2. The molecule has 7 rings (SSSR count). The number of hydrogen-bond donors (Lipinski definition) is 1. The zero-order valence-corrected chi connectivity index (χ0v) is 22.6. The number of halogens is 2. The molecular formula is C28H34ClFN4O3. The first-order valence-electron chi connectivity index (χ1n) is 13.1. The van der Waals surface area contributed by atoms with E-state index in [0.717, 1.165) is 42.1 Å². The van der Waals surface area contributed by atoms with E-state index in [2.05, 4.69) is 10.2 Å². The van der Waals surface area contributed by atoms with E-state index >= 15 is 4.39 Å². The Labute approximate surface area is 222 Å². The fourth-order valence-electron chi connectivity index (χ4n) is 6.09. The monoisotopic (exact) mass is 528 g/mol. The summed E-state index contributed by atoms with van der Waals surface area (Å²) in [6.45, 7) is 10.2. The smallest absolute Gasteiger partial charge is 0.410 e. The van der Waals surface area contributed by atoms with Crippen LogP contribution in [-0.4, -0.2) is 64.3 Å². The van der Waals surface area contributed by atoms with Crippen LogP contribution in [0.2, 0.25) is 5.02 Å². The number of benzene rings is 1. The number of rotatable bonds is 3. The van der Waals surface area contributed by atoms with Gasteiger partial charge in [0.1, 0.15) is 34.6 Å². The lowest BCUT2D eigenvalue weighted by atomic mass is 9.50. The van der Waals surface area contributed by atoms with Crippen LogP contribution in [0.1, 0.15) is 51.2 Å². The molecule has 1 amide bonds. The molecule has 5 aliphatic rings. The average Bonchev–Trinajstić information content (AvgIpc) is 2.96. The van der Waals surface area contributed by atoms with E-state index in [0.29, 0.717) is 54.8 Å². The largest absolute Gasteiger partial charge is 0.490 e.